The summed E-state index contributed by atoms with van der Waals surface area (Å²) in [5, 5.41) is 11.1. The number of hydrogen-bond donors (Lipinski definition) is 2. The van der Waals surface area contributed by atoms with E-state index in [1.807, 2.05) is 6.07 Å². The first-order valence-corrected chi connectivity index (χ1v) is 7.22. The van der Waals surface area contributed by atoms with E-state index < -0.39 is 4.92 Å². The number of para-hydroxylation sites is 1. The van der Waals surface area contributed by atoms with Crippen LogP contribution in [0.1, 0.15) is 18.9 Å². The first-order valence-electron chi connectivity index (χ1n) is 7.22. The molecule has 1 aromatic carbocycles. The molecule has 7 heteroatoms. The van der Waals surface area contributed by atoms with Gasteiger partial charge in [-0.2, -0.15) is 0 Å². The first kappa shape index (κ1) is 15.7. The summed E-state index contributed by atoms with van der Waals surface area (Å²) in [7, 11) is 2.14. The summed E-state index contributed by atoms with van der Waals surface area (Å²) in [4.78, 5) is 15.3. The zero-order valence-electron chi connectivity index (χ0n) is 12.6. The van der Waals surface area contributed by atoms with Crippen molar-refractivity contribution in [3.05, 3.63) is 33.9 Å². The molecule has 0 saturated carbocycles. The lowest BCUT2D eigenvalue weighted by Gasteiger charge is -2.39. The molecule has 7 nitrogen and oxygen atoms in total. The Kier molecular flexibility index (Phi) is 5.11. The van der Waals surface area contributed by atoms with Crippen LogP contribution in [0.5, 0.6) is 0 Å². The van der Waals surface area contributed by atoms with Crippen molar-refractivity contribution >= 4 is 11.4 Å². The second-order valence-corrected chi connectivity index (χ2v) is 5.49. The zero-order valence-corrected chi connectivity index (χ0v) is 12.6. The second-order valence-electron chi connectivity index (χ2n) is 5.49. The van der Waals surface area contributed by atoms with Crippen LogP contribution in [0.4, 0.5) is 11.4 Å². The van der Waals surface area contributed by atoms with Crippen LogP contribution in [-0.2, 0) is 6.54 Å². The summed E-state index contributed by atoms with van der Waals surface area (Å²) in [5.41, 5.74) is 3.79. The molecule has 0 aliphatic carbocycles. The molecule has 116 valence electrons. The maximum absolute atomic E-state index is 11.1. The summed E-state index contributed by atoms with van der Waals surface area (Å²) in [6.07, 6.45) is 1.10. The first-order chi connectivity index (χ1) is 10.1. The molecule has 0 spiro atoms. The van der Waals surface area contributed by atoms with Crippen molar-refractivity contribution < 1.29 is 4.92 Å². The van der Waals surface area contributed by atoms with Gasteiger partial charge in [-0.15, -0.1) is 0 Å². The number of hydrazine groups is 1. The minimum absolute atomic E-state index is 0.0242. The van der Waals surface area contributed by atoms with E-state index in [1.54, 1.807) is 6.07 Å². The van der Waals surface area contributed by atoms with E-state index in [0.29, 0.717) is 18.3 Å². The van der Waals surface area contributed by atoms with Crippen LogP contribution < -0.4 is 11.3 Å². The maximum atomic E-state index is 11.1. The van der Waals surface area contributed by atoms with Crippen LogP contribution in [0, 0.1) is 10.1 Å². The number of anilines is 1. The van der Waals surface area contributed by atoms with Crippen LogP contribution >= 0.6 is 0 Å². The van der Waals surface area contributed by atoms with Crippen molar-refractivity contribution in [1.29, 1.82) is 0 Å². The van der Waals surface area contributed by atoms with Gasteiger partial charge in [-0.3, -0.25) is 20.9 Å². The Labute approximate surface area is 124 Å². The molecule has 3 N–H and O–H groups in total. The van der Waals surface area contributed by atoms with Crippen LogP contribution in [-0.4, -0.2) is 47.4 Å². The summed E-state index contributed by atoms with van der Waals surface area (Å²) >= 11 is 0. The van der Waals surface area contributed by atoms with Gasteiger partial charge in [0.15, 0.2) is 0 Å². The monoisotopic (exact) mass is 293 g/mol. The Morgan fingerprint density at radius 3 is 2.86 bits per heavy atom. The number of hydrogen-bond acceptors (Lipinski definition) is 6. The molecule has 1 aliphatic heterocycles. The predicted molar refractivity (Wildman–Crippen MR) is 82.9 cm³/mol. The Morgan fingerprint density at radius 1 is 1.48 bits per heavy atom. The molecule has 1 aromatic rings. The molecule has 21 heavy (non-hydrogen) atoms. The Morgan fingerprint density at radius 2 is 2.24 bits per heavy atom. The van der Waals surface area contributed by atoms with Gasteiger partial charge in [0.05, 0.1) is 4.92 Å². The van der Waals surface area contributed by atoms with E-state index in [1.165, 1.54) is 6.07 Å². The van der Waals surface area contributed by atoms with Gasteiger partial charge in [0.1, 0.15) is 5.69 Å². The lowest BCUT2D eigenvalue weighted by Crippen LogP contribution is -2.50. The fourth-order valence-electron chi connectivity index (χ4n) is 2.87. The van der Waals surface area contributed by atoms with Crippen molar-refractivity contribution in [1.82, 2.24) is 9.80 Å². The number of benzene rings is 1. The number of nitrogens with one attached hydrogen (secondary N) is 1. The molecule has 1 atom stereocenters. The topological polar surface area (TPSA) is 87.7 Å². The van der Waals surface area contributed by atoms with Gasteiger partial charge in [0.2, 0.25) is 0 Å². The summed E-state index contributed by atoms with van der Waals surface area (Å²) in [6.45, 7) is 5.80. The standard InChI is InChI=1S/C14H23N5O2/c1-3-12-10-18(8-7-17(12)2)9-11-5-4-6-13(19(20)21)14(11)16-15/h4-6,12,16H,3,7-10,15H2,1-2H3. The number of rotatable bonds is 5. The SMILES string of the molecule is CCC1CN(Cc2cccc([N+](=O)[O-])c2NN)CCN1C. The molecule has 1 aliphatic rings. The van der Waals surface area contributed by atoms with Gasteiger partial charge in [0, 0.05) is 38.3 Å². The number of nitrogen functional groups attached to an aromatic ring is 1. The fraction of sp³-hybridized carbons (Fsp3) is 0.571. The van der Waals surface area contributed by atoms with E-state index in [4.69, 9.17) is 5.84 Å². The highest BCUT2D eigenvalue weighted by Gasteiger charge is 2.24. The predicted octanol–water partition coefficient (Wildman–Crippen LogP) is 1.41. The molecular formula is C14H23N5O2. The molecule has 1 heterocycles. The molecule has 0 radical (unpaired) electrons. The van der Waals surface area contributed by atoms with Crippen molar-refractivity contribution in [2.45, 2.75) is 25.9 Å². The highest BCUT2D eigenvalue weighted by atomic mass is 16.6. The number of nitrogens with zero attached hydrogens (tertiary/aromatic N) is 3. The van der Waals surface area contributed by atoms with Crippen molar-refractivity contribution in [2.24, 2.45) is 5.84 Å². The van der Waals surface area contributed by atoms with Crippen LogP contribution in [0.15, 0.2) is 18.2 Å². The lowest BCUT2D eigenvalue weighted by molar-refractivity contribution is -0.384. The minimum atomic E-state index is -0.405. The van der Waals surface area contributed by atoms with E-state index in [9.17, 15) is 10.1 Å². The average molecular weight is 293 g/mol. The Hall–Kier alpha value is -1.70. The fourth-order valence-corrected chi connectivity index (χ4v) is 2.87. The van der Waals surface area contributed by atoms with Crippen molar-refractivity contribution in [3.8, 4) is 0 Å². The van der Waals surface area contributed by atoms with Gasteiger partial charge in [0.25, 0.3) is 5.69 Å². The number of piperazine rings is 1. The van der Waals surface area contributed by atoms with E-state index >= 15 is 0 Å². The van der Waals surface area contributed by atoms with Gasteiger partial charge >= 0.3 is 0 Å². The Bertz CT molecular complexity index is 508. The van der Waals surface area contributed by atoms with E-state index in [-0.39, 0.29) is 5.69 Å². The van der Waals surface area contributed by atoms with Crippen LogP contribution in [0.2, 0.25) is 0 Å². The molecule has 0 aromatic heterocycles. The third kappa shape index (κ3) is 3.49. The number of likely N-dealkylation sites (N-methyl/N-ethyl adjacent to an activating group) is 1. The molecule has 0 amide bonds. The van der Waals surface area contributed by atoms with Crippen molar-refractivity contribution in [2.75, 3.05) is 32.1 Å². The normalized spacial score (nSPS) is 20.4. The molecular weight excluding hydrogens is 270 g/mol. The largest absolute Gasteiger partial charge is 0.318 e. The number of nitro benzene ring substituents is 1. The van der Waals surface area contributed by atoms with Crippen molar-refractivity contribution in [3.63, 3.8) is 0 Å². The molecule has 0 bridgehead atoms. The second kappa shape index (κ2) is 6.84. The minimum Gasteiger partial charge on any atom is -0.318 e. The summed E-state index contributed by atoms with van der Waals surface area (Å²) < 4.78 is 0. The number of nitro groups is 1. The van der Waals surface area contributed by atoms with Gasteiger partial charge < -0.3 is 10.3 Å². The maximum Gasteiger partial charge on any atom is 0.293 e. The molecule has 1 fully saturated rings. The van der Waals surface area contributed by atoms with Crippen LogP contribution in [0.3, 0.4) is 0 Å². The molecule has 1 unspecified atom stereocenters. The van der Waals surface area contributed by atoms with E-state index in [2.05, 4.69) is 29.2 Å². The smallest absolute Gasteiger partial charge is 0.293 e. The molecule has 1 saturated heterocycles. The third-order valence-corrected chi connectivity index (χ3v) is 4.20. The quantitative estimate of drug-likeness (QED) is 0.485. The highest BCUT2D eigenvalue weighted by molar-refractivity contribution is 5.65. The van der Waals surface area contributed by atoms with Gasteiger partial charge in [-0.25, -0.2) is 0 Å². The van der Waals surface area contributed by atoms with Gasteiger partial charge in [-0.05, 0) is 19.0 Å². The average Bonchev–Trinajstić information content (AvgIpc) is 2.48. The summed E-state index contributed by atoms with van der Waals surface area (Å²) in [6, 6.07) is 5.60. The Balaban J connectivity index is 2.16. The third-order valence-electron chi connectivity index (χ3n) is 4.20. The lowest BCUT2D eigenvalue weighted by atomic mass is 10.1. The molecule has 2 rings (SSSR count). The zero-order chi connectivity index (χ0) is 15.4. The highest BCUT2D eigenvalue weighted by Crippen LogP contribution is 2.28. The van der Waals surface area contributed by atoms with Gasteiger partial charge in [-0.1, -0.05) is 19.1 Å². The van der Waals surface area contributed by atoms with Crippen LogP contribution in [0.25, 0.3) is 0 Å². The summed E-state index contributed by atoms with van der Waals surface area (Å²) in [5.74, 6) is 5.49. The number of nitrogens with two attached hydrogens (primary N) is 1. The van der Waals surface area contributed by atoms with E-state index in [0.717, 1.165) is 31.6 Å².